The third-order valence-corrected chi connectivity index (χ3v) is 6.72. The first-order valence-electron chi connectivity index (χ1n) is 8.69. The smallest absolute Gasteiger partial charge is 0.408 e. The predicted molar refractivity (Wildman–Crippen MR) is 108 cm³/mol. The Bertz CT molecular complexity index is 1090. The van der Waals surface area contributed by atoms with Crippen LogP contribution in [0.1, 0.15) is 25.8 Å². The number of rotatable bonds is 5. The minimum atomic E-state index is -3.80. The molecule has 0 bridgehead atoms. The van der Waals surface area contributed by atoms with Gasteiger partial charge in [-0.25, -0.2) is 28.2 Å². The highest BCUT2D eigenvalue weighted by Crippen LogP contribution is 2.26. The highest BCUT2D eigenvalue weighted by molar-refractivity contribution is 7.93. The Morgan fingerprint density at radius 1 is 1.07 bits per heavy atom. The normalized spacial score (nSPS) is 11.8. The van der Waals surface area contributed by atoms with Crippen LogP contribution in [0.15, 0.2) is 58.0 Å². The van der Waals surface area contributed by atoms with E-state index in [9.17, 15) is 13.2 Å². The molecule has 0 aliphatic carbocycles. The summed E-state index contributed by atoms with van der Waals surface area (Å²) in [6.07, 6.45) is 3.23. The molecule has 0 radical (unpaired) electrons. The standard InChI is InChI=1S/C19H20N4O4S2/c1-19(2,3)27-18(24)23-11-15-20-12-16(28-15)29(25,26)14-9-21-17(22-10-14)13-7-5-4-6-8-13/h4-10,12H,11H2,1-3H3,(H,23,24). The molecule has 8 nitrogen and oxygen atoms in total. The van der Waals surface area contributed by atoms with Crippen LogP contribution < -0.4 is 5.32 Å². The van der Waals surface area contributed by atoms with Gasteiger partial charge < -0.3 is 10.1 Å². The summed E-state index contributed by atoms with van der Waals surface area (Å²) in [5.41, 5.74) is 0.178. The zero-order chi connectivity index (χ0) is 21.1. The number of benzene rings is 1. The van der Waals surface area contributed by atoms with E-state index in [0.717, 1.165) is 16.9 Å². The molecule has 2 heterocycles. The van der Waals surface area contributed by atoms with Crippen LogP contribution in [0.25, 0.3) is 11.4 Å². The quantitative estimate of drug-likeness (QED) is 0.657. The van der Waals surface area contributed by atoms with Crippen LogP contribution in [-0.2, 0) is 21.1 Å². The maximum atomic E-state index is 12.8. The second-order valence-corrected chi connectivity index (χ2v) is 10.3. The molecule has 0 saturated carbocycles. The summed E-state index contributed by atoms with van der Waals surface area (Å²) < 4.78 is 30.8. The highest BCUT2D eigenvalue weighted by Gasteiger charge is 2.23. The lowest BCUT2D eigenvalue weighted by Crippen LogP contribution is -2.32. The lowest BCUT2D eigenvalue weighted by atomic mass is 10.2. The number of hydrogen-bond donors (Lipinski definition) is 1. The van der Waals surface area contributed by atoms with E-state index in [1.807, 2.05) is 30.3 Å². The van der Waals surface area contributed by atoms with Crippen LogP contribution in [0, 0.1) is 0 Å². The Hall–Kier alpha value is -2.85. The first-order valence-corrected chi connectivity index (χ1v) is 11.0. The fourth-order valence-corrected chi connectivity index (χ4v) is 4.68. The molecule has 29 heavy (non-hydrogen) atoms. The van der Waals surface area contributed by atoms with Crippen LogP contribution in [-0.4, -0.2) is 35.1 Å². The summed E-state index contributed by atoms with van der Waals surface area (Å²) in [5.74, 6) is 0.441. The van der Waals surface area contributed by atoms with E-state index < -0.39 is 21.5 Å². The van der Waals surface area contributed by atoms with Gasteiger partial charge in [-0.3, -0.25) is 0 Å². The van der Waals surface area contributed by atoms with Crippen LogP contribution in [0.5, 0.6) is 0 Å². The van der Waals surface area contributed by atoms with Gasteiger partial charge in [0.25, 0.3) is 0 Å². The monoisotopic (exact) mass is 432 g/mol. The zero-order valence-corrected chi connectivity index (χ0v) is 17.8. The Balaban J connectivity index is 1.71. The molecule has 3 rings (SSSR count). The molecular formula is C19H20N4O4S2. The zero-order valence-electron chi connectivity index (χ0n) is 16.1. The van der Waals surface area contributed by atoms with Crippen molar-refractivity contribution >= 4 is 27.3 Å². The van der Waals surface area contributed by atoms with Crippen molar-refractivity contribution in [3.63, 3.8) is 0 Å². The number of thiazole rings is 1. The number of alkyl carbamates (subject to hydrolysis) is 1. The summed E-state index contributed by atoms with van der Waals surface area (Å²) in [4.78, 5) is 24.1. The molecule has 1 N–H and O–H groups in total. The largest absolute Gasteiger partial charge is 0.444 e. The van der Waals surface area contributed by atoms with Gasteiger partial charge in [0.15, 0.2) is 5.82 Å². The lowest BCUT2D eigenvalue weighted by Gasteiger charge is -2.19. The van der Waals surface area contributed by atoms with E-state index in [2.05, 4.69) is 20.3 Å². The van der Waals surface area contributed by atoms with Crippen molar-refractivity contribution in [2.45, 2.75) is 42.0 Å². The van der Waals surface area contributed by atoms with Crippen LogP contribution in [0.4, 0.5) is 4.79 Å². The minimum Gasteiger partial charge on any atom is -0.444 e. The van der Waals surface area contributed by atoms with Gasteiger partial charge in [0.05, 0.1) is 25.1 Å². The van der Waals surface area contributed by atoms with E-state index in [-0.39, 0.29) is 15.6 Å². The van der Waals surface area contributed by atoms with E-state index >= 15 is 0 Å². The second kappa shape index (κ2) is 8.26. The van der Waals surface area contributed by atoms with Crippen molar-refractivity contribution < 1.29 is 17.9 Å². The molecule has 3 aromatic rings. The number of amides is 1. The molecule has 0 unspecified atom stereocenters. The van der Waals surface area contributed by atoms with Crippen molar-refractivity contribution in [2.24, 2.45) is 0 Å². The number of sulfone groups is 1. The molecule has 0 aliphatic heterocycles. The average Bonchev–Trinajstić information content (AvgIpc) is 3.16. The second-order valence-electron chi connectivity index (χ2n) is 7.04. The average molecular weight is 433 g/mol. The summed E-state index contributed by atoms with van der Waals surface area (Å²) in [6, 6.07) is 9.27. The van der Waals surface area contributed by atoms with E-state index in [1.54, 1.807) is 20.8 Å². The molecule has 1 amide bonds. The molecule has 1 aromatic carbocycles. The summed E-state index contributed by atoms with van der Waals surface area (Å²) in [6.45, 7) is 5.34. The first-order chi connectivity index (χ1) is 13.6. The van der Waals surface area contributed by atoms with E-state index in [1.165, 1.54) is 18.6 Å². The van der Waals surface area contributed by atoms with Gasteiger partial charge in [-0.15, -0.1) is 11.3 Å². The SMILES string of the molecule is CC(C)(C)OC(=O)NCc1ncc(S(=O)(=O)c2cnc(-c3ccccc3)nc2)s1. The third-order valence-electron chi connectivity index (χ3n) is 3.55. The first kappa shape index (κ1) is 20.9. The molecule has 0 aliphatic rings. The summed E-state index contributed by atoms with van der Waals surface area (Å²) in [5, 5.41) is 2.99. The Kier molecular flexibility index (Phi) is 5.94. The maximum absolute atomic E-state index is 12.8. The number of nitrogens with one attached hydrogen (secondary N) is 1. The molecule has 0 saturated heterocycles. The van der Waals surface area contributed by atoms with Crippen LogP contribution in [0.3, 0.4) is 0 Å². The van der Waals surface area contributed by atoms with E-state index in [0.29, 0.717) is 10.8 Å². The summed E-state index contributed by atoms with van der Waals surface area (Å²) >= 11 is 0.970. The number of carbonyl (C=O) groups is 1. The molecule has 0 atom stereocenters. The van der Waals surface area contributed by atoms with Crippen molar-refractivity contribution in [1.29, 1.82) is 0 Å². The molecular weight excluding hydrogens is 412 g/mol. The fraction of sp³-hybridized carbons (Fsp3) is 0.263. The van der Waals surface area contributed by atoms with Crippen molar-refractivity contribution in [3.8, 4) is 11.4 Å². The number of nitrogens with zero attached hydrogens (tertiary/aromatic N) is 3. The summed E-state index contributed by atoms with van der Waals surface area (Å²) in [7, 11) is -3.80. The van der Waals surface area contributed by atoms with Crippen LogP contribution in [0.2, 0.25) is 0 Å². The molecule has 0 spiro atoms. The van der Waals surface area contributed by atoms with Gasteiger partial charge in [-0.1, -0.05) is 30.3 Å². The van der Waals surface area contributed by atoms with Crippen molar-refractivity contribution in [1.82, 2.24) is 20.3 Å². The molecule has 0 fully saturated rings. The lowest BCUT2D eigenvalue weighted by molar-refractivity contribution is 0.0523. The van der Waals surface area contributed by atoms with E-state index in [4.69, 9.17) is 4.74 Å². The number of aromatic nitrogens is 3. The molecule has 2 aromatic heterocycles. The fourth-order valence-electron chi connectivity index (χ4n) is 2.27. The number of hydrogen-bond acceptors (Lipinski definition) is 8. The van der Waals surface area contributed by atoms with Crippen molar-refractivity contribution in [2.75, 3.05) is 0 Å². The van der Waals surface area contributed by atoms with Crippen molar-refractivity contribution in [3.05, 3.63) is 53.9 Å². The minimum absolute atomic E-state index is 0.0208. The Morgan fingerprint density at radius 2 is 1.72 bits per heavy atom. The molecule has 152 valence electrons. The van der Waals surface area contributed by atoms with Gasteiger partial charge in [0, 0.05) is 5.56 Å². The number of ether oxygens (including phenoxy) is 1. The predicted octanol–water partition coefficient (Wildman–Crippen LogP) is 3.46. The number of carbonyl (C=O) groups excluding carboxylic acids is 1. The Labute approximate surface area is 172 Å². The van der Waals surface area contributed by atoms with Gasteiger partial charge in [0.1, 0.15) is 19.7 Å². The van der Waals surface area contributed by atoms with Gasteiger partial charge in [-0.2, -0.15) is 0 Å². The van der Waals surface area contributed by atoms with Crippen LogP contribution >= 0.6 is 11.3 Å². The van der Waals surface area contributed by atoms with Gasteiger partial charge >= 0.3 is 6.09 Å². The van der Waals surface area contributed by atoms with Gasteiger partial charge in [-0.05, 0) is 20.8 Å². The molecule has 10 heteroatoms. The maximum Gasteiger partial charge on any atom is 0.408 e. The Morgan fingerprint density at radius 3 is 2.34 bits per heavy atom. The highest BCUT2D eigenvalue weighted by atomic mass is 32.2. The topological polar surface area (TPSA) is 111 Å². The third kappa shape index (κ3) is 5.36. The van der Waals surface area contributed by atoms with Gasteiger partial charge in [0.2, 0.25) is 9.84 Å².